The van der Waals surface area contributed by atoms with Crippen molar-refractivity contribution in [2.24, 2.45) is 5.41 Å². The third-order valence-electron chi connectivity index (χ3n) is 4.17. The molecule has 1 aromatic carbocycles. The SMILES string of the molecule is CC1(Cn2c(=S)[nH]c3cc(F)c(Br)cc32)CCCC1. The number of fused-ring (bicyclic) bond motifs is 1. The van der Waals surface area contributed by atoms with E-state index in [0.717, 1.165) is 17.6 Å². The number of nitrogens with zero attached hydrogens (tertiary/aromatic N) is 1. The number of hydrogen-bond acceptors (Lipinski definition) is 1. The van der Waals surface area contributed by atoms with Crippen molar-refractivity contribution in [1.29, 1.82) is 0 Å². The number of halogens is 2. The lowest BCUT2D eigenvalue weighted by Crippen LogP contribution is -2.19. The largest absolute Gasteiger partial charge is 0.330 e. The highest BCUT2D eigenvalue weighted by Crippen LogP contribution is 2.39. The van der Waals surface area contributed by atoms with Crippen LogP contribution in [0.5, 0.6) is 0 Å². The number of aromatic amines is 1. The molecule has 1 aliphatic carbocycles. The van der Waals surface area contributed by atoms with Gasteiger partial charge in [-0.2, -0.15) is 0 Å². The van der Waals surface area contributed by atoms with Gasteiger partial charge >= 0.3 is 0 Å². The maximum absolute atomic E-state index is 13.6. The maximum atomic E-state index is 13.6. The minimum atomic E-state index is -0.261. The first-order valence-electron chi connectivity index (χ1n) is 6.56. The van der Waals surface area contributed by atoms with Gasteiger partial charge in [-0.1, -0.05) is 19.8 Å². The molecule has 0 atom stereocenters. The number of nitrogens with one attached hydrogen (secondary N) is 1. The molecule has 5 heteroatoms. The highest BCUT2D eigenvalue weighted by molar-refractivity contribution is 9.10. The second kappa shape index (κ2) is 4.70. The van der Waals surface area contributed by atoms with E-state index in [9.17, 15) is 4.39 Å². The summed E-state index contributed by atoms with van der Waals surface area (Å²) in [6, 6.07) is 3.32. The first-order valence-corrected chi connectivity index (χ1v) is 7.76. The Kier molecular flexibility index (Phi) is 3.29. The molecule has 1 N–H and O–H groups in total. The van der Waals surface area contributed by atoms with Crippen LogP contribution in [0, 0.1) is 16.0 Å². The third-order valence-corrected chi connectivity index (χ3v) is 5.10. The van der Waals surface area contributed by atoms with Crippen molar-refractivity contribution in [1.82, 2.24) is 9.55 Å². The zero-order valence-electron chi connectivity index (χ0n) is 10.8. The molecule has 0 saturated heterocycles. The van der Waals surface area contributed by atoms with Crippen molar-refractivity contribution in [3.05, 3.63) is 27.2 Å². The Labute approximate surface area is 125 Å². The molecule has 0 radical (unpaired) electrons. The van der Waals surface area contributed by atoms with E-state index < -0.39 is 0 Å². The van der Waals surface area contributed by atoms with Gasteiger partial charge in [0.05, 0.1) is 15.5 Å². The molecular weight excluding hydrogens is 327 g/mol. The molecule has 2 nitrogen and oxygen atoms in total. The zero-order chi connectivity index (χ0) is 13.6. The number of rotatable bonds is 2. The van der Waals surface area contributed by atoms with Gasteiger partial charge in [0.15, 0.2) is 4.77 Å². The number of hydrogen-bond donors (Lipinski definition) is 1. The Morgan fingerprint density at radius 2 is 2.11 bits per heavy atom. The summed E-state index contributed by atoms with van der Waals surface area (Å²) in [5.74, 6) is -0.261. The van der Waals surface area contributed by atoms with Gasteiger partial charge in [0.1, 0.15) is 5.82 Å². The molecule has 0 aliphatic heterocycles. The van der Waals surface area contributed by atoms with E-state index in [1.807, 2.05) is 6.07 Å². The zero-order valence-corrected chi connectivity index (χ0v) is 13.2. The molecule has 1 aliphatic rings. The van der Waals surface area contributed by atoms with Gasteiger partial charge < -0.3 is 9.55 Å². The summed E-state index contributed by atoms with van der Waals surface area (Å²) in [5.41, 5.74) is 2.06. The molecule has 2 aromatic rings. The Hall–Kier alpha value is -0.680. The van der Waals surface area contributed by atoms with Gasteiger partial charge in [-0.05, 0) is 52.5 Å². The van der Waals surface area contributed by atoms with Crippen LogP contribution < -0.4 is 0 Å². The highest BCUT2D eigenvalue weighted by Gasteiger charge is 2.29. The highest BCUT2D eigenvalue weighted by atomic mass is 79.9. The predicted octanol–water partition coefficient (Wildman–Crippen LogP) is 5.18. The quantitative estimate of drug-likeness (QED) is 0.745. The van der Waals surface area contributed by atoms with Gasteiger partial charge in [-0.25, -0.2) is 4.39 Å². The van der Waals surface area contributed by atoms with E-state index >= 15 is 0 Å². The summed E-state index contributed by atoms with van der Waals surface area (Å²) in [6.45, 7) is 3.23. The Morgan fingerprint density at radius 1 is 1.42 bits per heavy atom. The van der Waals surface area contributed by atoms with Crippen molar-refractivity contribution >= 4 is 39.2 Å². The van der Waals surface area contributed by atoms with Crippen LogP contribution in [0.4, 0.5) is 4.39 Å². The monoisotopic (exact) mass is 342 g/mol. The van der Waals surface area contributed by atoms with E-state index in [-0.39, 0.29) is 5.82 Å². The summed E-state index contributed by atoms with van der Waals surface area (Å²) in [7, 11) is 0. The van der Waals surface area contributed by atoms with Crippen molar-refractivity contribution in [3.63, 3.8) is 0 Å². The lowest BCUT2D eigenvalue weighted by molar-refractivity contribution is 0.284. The second-order valence-corrected chi connectivity index (χ2v) is 7.06. The van der Waals surface area contributed by atoms with Gasteiger partial charge in [0.25, 0.3) is 0 Å². The first kappa shape index (κ1) is 13.3. The van der Waals surface area contributed by atoms with Crippen LogP contribution in [-0.2, 0) is 6.54 Å². The molecular formula is C14H16BrFN2S. The van der Waals surface area contributed by atoms with Crippen LogP contribution in [0.1, 0.15) is 32.6 Å². The van der Waals surface area contributed by atoms with E-state index in [4.69, 9.17) is 12.2 Å². The Bertz CT molecular complexity index is 683. The smallest absolute Gasteiger partial charge is 0.178 e. The molecule has 0 bridgehead atoms. The Morgan fingerprint density at radius 3 is 2.79 bits per heavy atom. The number of aromatic nitrogens is 2. The number of H-pyrrole nitrogens is 1. The summed E-state index contributed by atoms with van der Waals surface area (Å²) in [4.78, 5) is 3.10. The topological polar surface area (TPSA) is 20.7 Å². The molecule has 0 amide bonds. The average molecular weight is 343 g/mol. The van der Waals surface area contributed by atoms with Crippen LogP contribution in [0.2, 0.25) is 0 Å². The van der Waals surface area contributed by atoms with Gasteiger partial charge in [-0.3, -0.25) is 0 Å². The third kappa shape index (κ3) is 2.38. The van der Waals surface area contributed by atoms with Crippen molar-refractivity contribution in [3.8, 4) is 0 Å². The Balaban J connectivity index is 2.10. The normalized spacial score (nSPS) is 18.3. The minimum absolute atomic E-state index is 0.261. The van der Waals surface area contributed by atoms with E-state index in [0.29, 0.717) is 14.7 Å². The molecule has 0 unspecified atom stereocenters. The number of benzene rings is 1. The van der Waals surface area contributed by atoms with Crippen LogP contribution in [0.3, 0.4) is 0 Å². The summed E-state index contributed by atoms with van der Waals surface area (Å²) in [5, 5.41) is 0. The van der Waals surface area contributed by atoms with Crippen LogP contribution >= 0.6 is 28.1 Å². The van der Waals surface area contributed by atoms with Crippen molar-refractivity contribution in [2.75, 3.05) is 0 Å². The summed E-state index contributed by atoms with van der Waals surface area (Å²) in [6.07, 6.45) is 5.07. The molecule has 1 fully saturated rings. The van der Waals surface area contributed by atoms with E-state index in [1.54, 1.807) is 0 Å². The van der Waals surface area contributed by atoms with E-state index in [2.05, 4.69) is 32.4 Å². The number of imidazole rings is 1. The molecule has 19 heavy (non-hydrogen) atoms. The second-order valence-electron chi connectivity index (χ2n) is 5.82. The fraction of sp³-hybridized carbons (Fsp3) is 0.500. The molecule has 0 spiro atoms. The fourth-order valence-corrected chi connectivity index (χ4v) is 3.68. The van der Waals surface area contributed by atoms with Crippen LogP contribution in [0.25, 0.3) is 11.0 Å². The minimum Gasteiger partial charge on any atom is -0.330 e. The molecule has 1 aromatic heterocycles. The van der Waals surface area contributed by atoms with E-state index in [1.165, 1.54) is 31.7 Å². The first-order chi connectivity index (χ1) is 8.98. The van der Waals surface area contributed by atoms with Crippen molar-refractivity contribution in [2.45, 2.75) is 39.2 Å². The van der Waals surface area contributed by atoms with Crippen LogP contribution in [0.15, 0.2) is 16.6 Å². The molecule has 102 valence electrons. The van der Waals surface area contributed by atoms with Gasteiger partial charge in [0.2, 0.25) is 0 Å². The van der Waals surface area contributed by atoms with Crippen LogP contribution in [-0.4, -0.2) is 9.55 Å². The van der Waals surface area contributed by atoms with Gasteiger partial charge in [0, 0.05) is 12.6 Å². The predicted molar refractivity (Wildman–Crippen MR) is 81.4 cm³/mol. The summed E-state index contributed by atoms with van der Waals surface area (Å²) >= 11 is 8.64. The average Bonchev–Trinajstić information content (AvgIpc) is 2.88. The standard InChI is InChI=1S/C14H16BrFN2S/c1-14(4-2-3-5-14)8-18-12-6-9(15)10(16)7-11(12)17-13(18)19/h6-7H,2-5,8H2,1H3,(H,17,19). The van der Waals surface area contributed by atoms with Gasteiger partial charge in [-0.15, -0.1) is 0 Å². The summed E-state index contributed by atoms with van der Waals surface area (Å²) < 4.78 is 16.8. The lowest BCUT2D eigenvalue weighted by Gasteiger charge is -2.24. The fourth-order valence-electron chi connectivity index (χ4n) is 3.08. The molecule has 1 saturated carbocycles. The van der Waals surface area contributed by atoms with Crippen molar-refractivity contribution < 1.29 is 4.39 Å². The lowest BCUT2D eigenvalue weighted by atomic mass is 9.89. The molecule has 1 heterocycles. The maximum Gasteiger partial charge on any atom is 0.178 e. The molecule has 3 rings (SSSR count).